The summed E-state index contributed by atoms with van der Waals surface area (Å²) in [5, 5.41) is 12.0. The van der Waals surface area contributed by atoms with E-state index in [1.54, 1.807) is 0 Å². The second-order valence-corrected chi connectivity index (χ2v) is 5.44. The van der Waals surface area contributed by atoms with Crippen LogP contribution in [0.2, 0.25) is 0 Å². The number of hydrogen-bond donors (Lipinski definition) is 1. The zero-order chi connectivity index (χ0) is 12.5. The van der Waals surface area contributed by atoms with Crippen molar-refractivity contribution in [3.63, 3.8) is 0 Å². The minimum absolute atomic E-state index is 0.135. The maximum absolute atomic E-state index is 5.76. The largest absolute Gasteiger partial charge is 0.368 e. The van der Waals surface area contributed by atoms with Crippen molar-refractivity contribution in [2.45, 2.75) is 58.9 Å². The Labute approximate surface area is 103 Å². The van der Waals surface area contributed by atoms with Crippen LogP contribution in [0.4, 0.5) is 0 Å². The molecule has 1 aromatic heterocycles. The molecule has 0 aromatic carbocycles. The molecule has 0 bridgehead atoms. The van der Waals surface area contributed by atoms with Gasteiger partial charge in [0, 0.05) is 13.1 Å². The van der Waals surface area contributed by atoms with Gasteiger partial charge >= 0.3 is 0 Å². The van der Waals surface area contributed by atoms with E-state index in [1.165, 1.54) is 0 Å². The standard InChI is InChI=1S/C12H22N4O/c1-5-9-11-15-14-10(8-17-12(2,3)4)16(11)7-6-13-9/h9,13H,5-8H2,1-4H3. The third-order valence-electron chi connectivity index (χ3n) is 2.94. The van der Waals surface area contributed by atoms with Gasteiger partial charge < -0.3 is 14.6 Å². The third-order valence-corrected chi connectivity index (χ3v) is 2.94. The monoisotopic (exact) mass is 238 g/mol. The predicted octanol–water partition coefficient (Wildman–Crippen LogP) is 1.65. The van der Waals surface area contributed by atoms with Gasteiger partial charge in [-0.25, -0.2) is 0 Å². The summed E-state index contributed by atoms with van der Waals surface area (Å²) in [4.78, 5) is 0. The van der Waals surface area contributed by atoms with E-state index in [4.69, 9.17) is 4.74 Å². The molecular formula is C12H22N4O. The van der Waals surface area contributed by atoms with Gasteiger partial charge in [0.25, 0.3) is 0 Å². The highest BCUT2D eigenvalue weighted by Gasteiger charge is 2.24. The molecule has 96 valence electrons. The Morgan fingerprint density at radius 3 is 2.82 bits per heavy atom. The summed E-state index contributed by atoms with van der Waals surface area (Å²) >= 11 is 0. The zero-order valence-corrected chi connectivity index (χ0v) is 11.2. The second-order valence-electron chi connectivity index (χ2n) is 5.44. The zero-order valence-electron chi connectivity index (χ0n) is 11.2. The molecule has 2 rings (SSSR count). The lowest BCUT2D eigenvalue weighted by molar-refractivity contribution is -0.0196. The lowest BCUT2D eigenvalue weighted by atomic mass is 10.2. The fourth-order valence-corrected chi connectivity index (χ4v) is 2.01. The number of fused-ring (bicyclic) bond motifs is 1. The molecule has 1 atom stereocenters. The van der Waals surface area contributed by atoms with E-state index in [9.17, 15) is 0 Å². The van der Waals surface area contributed by atoms with E-state index in [2.05, 4.69) is 47.8 Å². The fraction of sp³-hybridized carbons (Fsp3) is 0.833. The Morgan fingerprint density at radius 2 is 2.18 bits per heavy atom. The van der Waals surface area contributed by atoms with Gasteiger partial charge in [-0.1, -0.05) is 6.92 Å². The van der Waals surface area contributed by atoms with E-state index in [1.807, 2.05) is 0 Å². The fourth-order valence-electron chi connectivity index (χ4n) is 2.01. The first-order valence-corrected chi connectivity index (χ1v) is 6.30. The Bertz CT molecular complexity index is 380. The quantitative estimate of drug-likeness (QED) is 0.870. The molecule has 2 heterocycles. The number of ether oxygens (including phenoxy) is 1. The Hall–Kier alpha value is -0.940. The SMILES string of the molecule is CCC1NCCn2c(COC(C)(C)C)nnc21. The van der Waals surface area contributed by atoms with Crippen LogP contribution in [-0.2, 0) is 17.9 Å². The minimum atomic E-state index is -0.135. The molecule has 0 saturated heterocycles. The summed E-state index contributed by atoms with van der Waals surface area (Å²) in [6.07, 6.45) is 1.04. The van der Waals surface area contributed by atoms with Gasteiger partial charge in [-0.15, -0.1) is 10.2 Å². The molecule has 0 aliphatic carbocycles. The van der Waals surface area contributed by atoms with Gasteiger partial charge in [-0.05, 0) is 27.2 Å². The molecule has 0 fully saturated rings. The van der Waals surface area contributed by atoms with Gasteiger partial charge in [-0.3, -0.25) is 0 Å². The Morgan fingerprint density at radius 1 is 1.41 bits per heavy atom. The normalized spacial score (nSPS) is 20.4. The van der Waals surface area contributed by atoms with Crippen molar-refractivity contribution in [1.29, 1.82) is 0 Å². The van der Waals surface area contributed by atoms with Crippen molar-refractivity contribution in [1.82, 2.24) is 20.1 Å². The molecular weight excluding hydrogens is 216 g/mol. The molecule has 1 N–H and O–H groups in total. The molecule has 1 aliphatic rings. The van der Waals surface area contributed by atoms with Crippen LogP contribution in [0.15, 0.2) is 0 Å². The summed E-state index contributed by atoms with van der Waals surface area (Å²) in [6.45, 7) is 10.8. The molecule has 17 heavy (non-hydrogen) atoms. The number of nitrogens with one attached hydrogen (secondary N) is 1. The first-order chi connectivity index (χ1) is 8.01. The molecule has 1 unspecified atom stereocenters. The van der Waals surface area contributed by atoms with Gasteiger partial charge in [0.15, 0.2) is 5.82 Å². The highest BCUT2D eigenvalue weighted by Crippen LogP contribution is 2.20. The number of hydrogen-bond acceptors (Lipinski definition) is 4. The molecule has 0 spiro atoms. The maximum Gasteiger partial charge on any atom is 0.159 e. The topological polar surface area (TPSA) is 52.0 Å². The van der Waals surface area contributed by atoms with Crippen molar-refractivity contribution in [2.24, 2.45) is 0 Å². The van der Waals surface area contributed by atoms with Crippen LogP contribution in [0.3, 0.4) is 0 Å². The van der Waals surface area contributed by atoms with E-state index >= 15 is 0 Å². The van der Waals surface area contributed by atoms with Crippen molar-refractivity contribution in [2.75, 3.05) is 6.54 Å². The second kappa shape index (κ2) is 4.74. The van der Waals surface area contributed by atoms with Crippen LogP contribution in [0.1, 0.15) is 51.8 Å². The third kappa shape index (κ3) is 2.84. The van der Waals surface area contributed by atoms with Crippen LogP contribution >= 0.6 is 0 Å². The lowest BCUT2D eigenvalue weighted by Crippen LogP contribution is -2.34. The van der Waals surface area contributed by atoms with Crippen LogP contribution < -0.4 is 5.32 Å². The molecule has 5 heteroatoms. The summed E-state index contributed by atoms with van der Waals surface area (Å²) in [6, 6.07) is 0.333. The highest BCUT2D eigenvalue weighted by molar-refractivity contribution is 5.03. The number of rotatable bonds is 3. The summed E-state index contributed by atoms with van der Waals surface area (Å²) < 4.78 is 7.96. The van der Waals surface area contributed by atoms with Crippen LogP contribution in [0.5, 0.6) is 0 Å². The molecule has 1 aliphatic heterocycles. The number of nitrogens with zero attached hydrogens (tertiary/aromatic N) is 3. The van der Waals surface area contributed by atoms with Crippen molar-refractivity contribution in [3.8, 4) is 0 Å². The smallest absolute Gasteiger partial charge is 0.159 e. The van der Waals surface area contributed by atoms with E-state index in [-0.39, 0.29) is 5.60 Å². The molecule has 1 aromatic rings. The predicted molar refractivity (Wildman–Crippen MR) is 65.6 cm³/mol. The van der Waals surface area contributed by atoms with Crippen LogP contribution in [0.25, 0.3) is 0 Å². The molecule has 5 nitrogen and oxygen atoms in total. The minimum Gasteiger partial charge on any atom is -0.368 e. The average Bonchev–Trinajstić information content (AvgIpc) is 2.68. The lowest BCUT2D eigenvalue weighted by Gasteiger charge is -2.25. The molecule has 0 amide bonds. The summed E-state index contributed by atoms with van der Waals surface area (Å²) in [5.41, 5.74) is -0.135. The highest BCUT2D eigenvalue weighted by atomic mass is 16.5. The first kappa shape index (κ1) is 12.5. The van der Waals surface area contributed by atoms with E-state index < -0.39 is 0 Å². The number of aromatic nitrogens is 3. The van der Waals surface area contributed by atoms with E-state index in [0.29, 0.717) is 12.6 Å². The van der Waals surface area contributed by atoms with Crippen molar-refractivity contribution < 1.29 is 4.74 Å². The van der Waals surface area contributed by atoms with Crippen molar-refractivity contribution >= 4 is 0 Å². The van der Waals surface area contributed by atoms with Gasteiger partial charge in [0.2, 0.25) is 0 Å². The van der Waals surface area contributed by atoms with Crippen molar-refractivity contribution in [3.05, 3.63) is 11.6 Å². The average molecular weight is 238 g/mol. The van der Waals surface area contributed by atoms with Gasteiger partial charge in [0.1, 0.15) is 12.4 Å². The van der Waals surface area contributed by atoms with Gasteiger partial charge in [-0.2, -0.15) is 0 Å². The van der Waals surface area contributed by atoms with Gasteiger partial charge in [0.05, 0.1) is 11.6 Å². The van der Waals surface area contributed by atoms with Crippen LogP contribution in [-0.4, -0.2) is 26.9 Å². The maximum atomic E-state index is 5.76. The Balaban J connectivity index is 2.12. The van der Waals surface area contributed by atoms with Crippen LogP contribution in [0, 0.1) is 0 Å². The Kier molecular flexibility index (Phi) is 3.49. The first-order valence-electron chi connectivity index (χ1n) is 6.30. The molecule has 0 saturated carbocycles. The van der Waals surface area contributed by atoms with E-state index in [0.717, 1.165) is 31.2 Å². The summed E-state index contributed by atoms with van der Waals surface area (Å²) in [7, 11) is 0. The summed E-state index contributed by atoms with van der Waals surface area (Å²) in [5.74, 6) is 1.99. The molecule has 0 radical (unpaired) electrons.